The Bertz CT molecular complexity index is 469. The van der Waals surface area contributed by atoms with Gasteiger partial charge in [0.05, 0.1) is 17.2 Å². The van der Waals surface area contributed by atoms with Crippen LogP contribution in [0, 0.1) is 12.3 Å². The van der Waals surface area contributed by atoms with E-state index in [0.29, 0.717) is 11.5 Å². The molecule has 1 atom stereocenters. The average Bonchev–Trinajstić information content (AvgIpc) is 2.71. The summed E-state index contributed by atoms with van der Waals surface area (Å²) in [5, 5.41) is 6.80. The molecule has 0 saturated heterocycles. The highest BCUT2D eigenvalue weighted by molar-refractivity contribution is 14.0. The Hall–Kier alpha value is -0.370. The maximum Gasteiger partial charge on any atom is 0.194 e. The second kappa shape index (κ2) is 7.06. The summed E-state index contributed by atoms with van der Waals surface area (Å²) in [6.07, 6.45) is 1.22. The van der Waals surface area contributed by atoms with Crippen LogP contribution < -0.4 is 5.32 Å². The molecule has 0 spiro atoms. The molecule has 1 fully saturated rings. The fourth-order valence-corrected chi connectivity index (χ4v) is 2.70. The quantitative estimate of drug-likeness (QED) is 0.472. The molecule has 0 aromatic carbocycles. The SMILES string of the molecule is CCN=C(NC1CC1(C)C)N(C)Cc1csc(C)n1.I. The number of nitrogens with one attached hydrogen (secondary N) is 1. The number of rotatable bonds is 4. The van der Waals surface area contributed by atoms with E-state index in [0.717, 1.165) is 29.8 Å². The number of halogens is 1. The molecule has 1 unspecified atom stereocenters. The van der Waals surface area contributed by atoms with Gasteiger partial charge >= 0.3 is 0 Å². The predicted octanol–water partition coefficient (Wildman–Crippen LogP) is 3.27. The highest BCUT2D eigenvalue weighted by atomic mass is 127. The van der Waals surface area contributed by atoms with Gasteiger partial charge in [0.2, 0.25) is 0 Å². The van der Waals surface area contributed by atoms with Crippen LogP contribution in [0.15, 0.2) is 10.4 Å². The van der Waals surface area contributed by atoms with Crippen molar-refractivity contribution in [3.63, 3.8) is 0 Å². The van der Waals surface area contributed by atoms with Crippen LogP contribution in [0.3, 0.4) is 0 Å². The van der Waals surface area contributed by atoms with E-state index in [1.807, 2.05) is 6.92 Å². The first-order chi connectivity index (χ1) is 8.92. The lowest BCUT2D eigenvalue weighted by molar-refractivity contribution is 0.460. The number of aryl methyl sites for hydroxylation is 1. The molecule has 1 aromatic heterocycles. The molecule has 1 N–H and O–H groups in total. The van der Waals surface area contributed by atoms with Gasteiger partial charge in [0.25, 0.3) is 0 Å². The van der Waals surface area contributed by atoms with Gasteiger partial charge in [-0.15, -0.1) is 35.3 Å². The van der Waals surface area contributed by atoms with Crippen molar-refractivity contribution in [2.24, 2.45) is 10.4 Å². The summed E-state index contributed by atoms with van der Waals surface area (Å²) in [7, 11) is 2.07. The first-order valence-electron chi connectivity index (χ1n) is 6.85. The Morgan fingerprint density at radius 1 is 1.60 bits per heavy atom. The zero-order valence-corrected chi connectivity index (χ0v) is 16.1. The van der Waals surface area contributed by atoms with Crippen molar-refractivity contribution in [2.45, 2.75) is 46.7 Å². The summed E-state index contributed by atoms with van der Waals surface area (Å²) in [5.74, 6) is 0.990. The van der Waals surface area contributed by atoms with Crippen molar-refractivity contribution in [3.05, 3.63) is 16.1 Å². The highest BCUT2D eigenvalue weighted by Crippen LogP contribution is 2.44. The summed E-state index contributed by atoms with van der Waals surface area (Å²) in [6, 6.07) is 0.553. The number of hydrogen-bond donors (Lipinski definition) is 1. The van der Waals surface area contributed by atoms with Gasteiger partial charge in [0, 0.05) is 25.0 Å². The molecule has 0 bridgehead atoms. The molecule has 114 valence electrons. The van der Waals surface area contributed by atoms with Crippen LogP contribution in [-0.2, 0) is 6.54 Å². The summed E-state index contributed by atoms with van der Waals surface area (Å²) in [5.41, 5.74) is 1.53. The largest absolute Gasteiger partial charge is 0.353 e. The fourth-order valence-electron chi connectivity index (χ4n) is 2.09. The molecule has 4 nitrogen and oxygen atoms in total. The zero-order chi connectivity index (χ0) is 14.0. The third-order valence-electron chi connectivity index (χ3n) is 3.55. The maximum atomic E-state index is 4.58. The third kappa shape index (κ3) is 4.58. The first-order valence-corrected chi connectivity index (χ1v) is 7.73. The summed E-state index contributed by atoms with van der Waals surface area (Å²) >= 11 is 1.70. The second-order valence-corrected chi connectivity index (χ2v) is 6.96. The molecule has 0 aliphatic heterocycles. The van der Waals surface area contributed by atoms with E-state index < -0.39 is 0 Å². The van der Waals surface area contributed by atoms with E-state index in [9.17, 15) is 0 Å². The van der Waals surface area contributed by atoms with E-state index in [1.54, 1.807) is 11.3 Å². The molecular formula is C14H25IN4S. The molecule has 1 saturated carbocycles. The van der Waals surface area contributed by atoms with Crippen molar-refractivity contribution in [1.82, 2.24) is 15.2 Å². The van der Waals surface area contributed by atoms with Gasteiger partial charge < -0.3 is 10.2 Å². The Labute approximate surface area is 143 Å². The van der Waals surface area contributed by atoms with E-state index in [4.69, 9.17) is 0 Å². The standard InChI is InChI=1S/C14H24N4S.HI/c1-6-15-13(17-12-7-14(12,3)4)18(5)8-11-9-19-10(2)16-11;/h9,12H,6-8H2,1-5H3,(H,15,17);1H. The minimum absolute atomic E-state index is 0. The minimum Gasteiger partial charge on any atom is -0.353 e. The van der Waals surface area contributed by atoms with Crippen molar-refractivity contribution in [1.29, 1.82) is 0 Å². The van der Waals surface area contributed by atoms with Gasteiger partial charge in [-0.3, -0.25) is 4.99 Å². The fraction of sp³-hybridized carbons (Fsp3) is 0.714. The molecule has 6 heteroatoms. The molecule has 1 aliphatic rings. The summed E-state index contributed by atoms with van der Waals surface area (Å²) in [4.78, 5) is 11.2. The smallest absolute Gasteiger partial charge is 0.194 e. The topological polar surface area (TPSA) is 40.5 Å². The molecule has 1 heterocycles. The number of thiazole rings is 1. The van der Waals surface area contributed by atoms with Gasteiger partial charge in [-0.25, -0.2) is 4.98 Å². The number of nitrogens with zero attached hydrogens (tertiary/aromatic N) is 3. The lowest BCUT2D eigenvalue weighted by Gasteiger charge is -2.22. The number of aliphatic imine (C=N–C) groups is 1. The average molecular weight is 408 g/mol. The van der Waals surface area contributed by atoms with Crippen LogP contribution in [0.4, 0.5) is 0 Å². The van der Waals surface area contributed by atoms with E-state index in [1.165, 1.54) is 6.42 Å². The lowest BCUT2D eigenvalue weighted by Crippen LogP contribution is -2.41. The zero-order valence-electron chi connectivity index (χ0n) is 12.9. The van der Waals surface area contributed by atoms with Gasteiger partial charge in [0.1, 0.15) is 0 Å². The third-order valence-corrected chi connectivity index (χ3v) is 4.37. The van der Waals surface area contributed by atoms with Crippen molar-refractivity contribution in [2.75, 3.05) is 13.6 Å². The molecule has 1 aromatic rings. The second-order valence-electron chi connectivity index (χ2n) is 5.90. The maximum absolute atomic E-state index is 4.58. The number of guanidine groups is 1. The van der Waals surface area contributed by atoms with Crippen LogP contribution in [0.2, 0.25) is 0 Å². The Morgan fingerprint density at radius 3 is 2.70 bits per heavy atom. The van der Waals surface area contributed by atoms with Crippen molar-refractivity contribution in [3.8, 4) is 0 Å². The minimum atomic E-state index is 0. The summed E-state index contributed by atoms with van der Waals surface area (Å²) < 4.78 is 0. The van der Waals surface area contributed by atoms with Gasteiger partial charge in [0.15, 0.2) is 5.96 Å². The van der Waals surface area contributed by atoms with Gasteiger partial charge in [-0.2, -0.15) is 0 Å². The van der Waals surface area contributed by atoms with E-state index in [2.05, 4.69) is 53.4 Å². The van der Waals surface area contributed by atoms with Crippen LogP contribution in [0.25, 0.3) is 0 Å². The lowest BCUT2D eigenvalue weighted by atomic mass is 10.2. The van der Waals surface area contributed by atoms with Crippen LogP contribution >= 0.6 is 35.3 Å². The molecule has 2 rings (SSSR count). The number of hydrogen-bond acceptors (Lipinski definition) is 3. The molecule has 20 heavy (non-hydrogen) atoms. The first kappa shape index (κ1) is 17.7. The predicted molar refractivity (Wildman–Crippen MR) is 97.0 cm³/mol. The summed E-state index contributed by atoms with van der Waals surface area (Å²) in [6.45, 7) is 10.3. The molecule has 0 radical (unpaired) electrons. The van der Waals surface area contributed by atoms with Gasteiger partial charge in [-0.05, 0) is 25.7 Å². The molecule has 0 amide bonds. The van der Waals surface area contributed by atoms with E-state index in [-0.39, 0.29) is 24.0 Å². The number of aromatic nitrogens is 1. The monoisotopic (exact) mass is 408 g/mol. The Morgan fingerprint density at radius 2 is 2.25 bits per heavy atom. The molecule has 1 aliphatic carbocycles. The van der Waals surface area contributed by atoms with Crippen LogP contribution in [-0.4, -0.2) is 35.5 Å². The van der Waals surface area contributed by atoms with Crippen molar-refractivity contribution >= 4 is 41.3 Å². The van der Waals surface area contributed by atoms with Crippen LogP contribution in [0.1, 0.15) is 37.9 Å². The van der Waals surface area contributed by atoms with E-state index >= 15 is 0 Å². The van der Waals surface area contributed by atoms with Crippen molar-refractivity contribution < 1.29 is 0 Å². The van der Waals surface area contributed by atoms with Gasteiger partial charge in [-0.1, -0.05) is 13.8 Å². The normalized spacial score (nSPS) is 20.2. The Balaban J connectivity index is 0.00000200. The Kier molecular flexibility index (Phi) is 6.25. The highest BCUT2D eigenvalue weighted by Gasteiger charge is 2.46. The molecular weight excluding hydrogens is 383 g/mol. The van der Waals surface area contributed by atoms with Crippen LogP contribution in [0.5, 0.6) is 0 Å².